The minimum atomic E-state index is -1.29. The molecule has 18 nitrogen and oxygen atoms in total. The molecular formula is C64H80Cl4F2N6O12. The summed E-state index contributed by atoms with van der Waals surface area (Å²) in [4.78, 5) is 99.8. The molecule has 1 spiro atoms. The third-order valence-corrected chi connectivity index (χ3v) is 15.8. The first-order chi connectivity index (χ1) is 40.9. The first-order valence-corrected chi connectivity index (χ1v) is 30.2. The Morgan fingerprint density at radius 1 is 0.693 bits per heavy atom. The van der Waals surface area contributed by atoms with Crippen LogP contribution in [0.15, 0.2) is 77.8 Å². The number of ketones is 1. The molecule has 0 bridgehead atoms. The van der Waals surface area contributed by atoms with Crippen molar-refractivity contribution in [2.75, 3.05) is 20.2 Å². The Morgan fingerprint density at radius 2 is 1.16 bits per heavy atom. The third kappa shape index (κ3) is 23.0. The normalized spacial score (nSPS) is 17.1. The Hall–Kier alpha value is -6.71. The van der Waals surface area contributed by atoms with Crippen molar-refractivity contribution < 1.29 is 66.8 Å². The van der Waals surface area contributed by atoms with Crippen molar-refractivity contribution >= 4 is 99.6 Å². The first-order valence-electron chi connectivity index (χ1n) is 28.7. The van der Waals surface area contributed by atoms with E-state index in [-0.39, 0.29) is 82.8 Å². The number of benzene rings is 4. The molecule has 4 amide bonds. The second-order valence-corrected chi connectivity index (χ2v) is 26.5. The Morgan fingerprint density at radius 3 is 1.60 bits per heavy atom. The fourth-order valence-electron chi connectivity index (χ4n) is 10.1. The summed E-state index contributed by atoms with van der Waals surface area (Å²) in [7, 11) is 1.26. The summed E-state index contributed by atoms with van der Waals surface area (Å²) in [5, 5.41) is 26.4. The van der Waals surface area contributed by atoms with Crippen LogP contribution < -0.4 is 21.7 Å². The predicted molar refractivity (Wildman–Crippen MR) is 335 cm³/mol. The van der Waals surface area contributed by atoms with Crippen molar-refractivity contribution in [3.05, 3.63) is 138 Å². The number of rotatable bonds is 15. The summed E-state index contributed by atoms with van der Waals surface area (Å²) in [5.74, 6) is -3.95. The van der Waals surface area contributed by atoms with Crippen LogP contribution in [-0.2, 0) is 46.5 Å². The molecule has 2 fully saturated rings. The number of alkyl carbamates (subject to hydrolysis) is 1. The molecule has 480 valence electrons. The van der Waals surface area contributed by atoms with Crippen LogP contribution in [0, 0.1) is 34.3 Å². The van der Waals surface area contributed by atoms with Gasteiger partial charge in [-0.1, -0.05) is 100 Å². The minimum absolute atomic E-state index is 0.0464. The highest BCUT2D eigenvalue weighted by atomic mass is 35.5. The number of halogens is 6. The summed E-state index contributed by atoms with van der Waals surface area (Å²) in [6, 6.07) is 16.3. The predicted octanol–water partition coefficient (Wildman–Crippen LogP) is 13.1. The van der Waals surface area contributed by atoms with Gasteiger partial charge >= 0.3 is 24.0 Å². The molecule has 4 aromatic rings. The lowest BCUT2D eigenvalue weighted by atomic mass is 9.69. The van der Waals surface area contributed by atoms with Crippen LogP contribution in [-0.4, -0.2) is 99.8 Å². The fraction of sp³-hybridized carbons (Fsp3) is 0.484. The molecule has 24 heteroatoms. The van der Waals surface area contributed by atoms with Crippen molar-refractivity contribution in [1.82, 2.24) is 20.9 Å². The molecule has 1 atom stereocenters. The summed E-state index contributed by atoms with van der Waals surface area (Å²) in [5.41, 5.74) is 6.34. The number of hydrogen-bond acceptors (Lipinski definition) is 12. The number of nitrogens with one attached hydrogen (secondary N) is 3. The lowest BCUT2D eigenvalue weighted by Gasteiger charge is -2.44. The van der Waals surface area contributed by atoms with E-state index in [0.717, 1.165) is 44.4 Å². The van der Waals surface area contributed by atoms with Gasteiger partial charge < -0.3 is 46.3 Å². The van der Waals surface area contributed by atoms with Crippen molar-refractivity contribution in [2.24, 2.45) is 33.4 Å². The smallest absolute Gasteiger partial charge is 0.408 e. The van der Waals surface area contributed by atoms with Crippen molar-refractivity contribution in [2.45, 2.75) is 157 Å². The van der Waals surface area contributed by atoms with Crippen molar-refractivity contribution in [3.63, 3.8) is 0 Å². The molecule has 2 saturated carbocycles. The van der Waals surface area contributed by atoms with Gasteiger partial charge in [0.1, 0.15) is 34.4 Å². The van der Waals surface area contributed by atoms with Crippen molar-refractivity contribution in [3.8, 4) is 0 Å². The molecule has 7 N–H and O–H groups in total. The van der Waals surface area contributed by atoms with E-state index < -0.39 is 64.8 Å². The van der Waals surface area contributed by atoms with E-state index in [1.807, 2.05) is 0 Å². The number of carboxylic acids is 2. The van der Waals surface area contributed by atoms with Crippen LogP contribution in [0.25, 0.3) is 0 Å². The zero-order valence-corrected chi connectivity index (χ0v) is 54.3. The fourth-order valence-corrected chi connectivity index (χ4v) is 11.1. The van der Waals surface area contributed by atoms with Crippen LogP contribution in [0.4, 0.5) is 13.6 Å². The second-order valence-electron chi connectivity index (χ2n) is 24.7. The molecule has 1 aliphatic heterocycles. The van der Waals surface area contributed by atoms with Gasteiger partial charge in [-0.15, -0.1) is 0 Å². The van der Waals surface area contributed by atoms with E-state index >= 15 is 0 Å². The van der Waals surface area contributed by atoms with Gasteiger partial charge in [-0.25, -0.2) is 18.4 Å². The number of Topliss-reactive ketones (excluding diaryl/α,β-unsaturated/α-hetero) is 1. The largest absolute Gasteiger partial charge is 0.481 e. The number of esters is 1. The minimum Gasteiger partial charge on any atom is -0.481 e. The van der Waals surface area contributed by atoms with Gasteiger partial charge in [0.15, 0.2) is 6.04 Å². The highest BCUT2D eigenvalue weighted by molar-refractivity contribution is 6.47. The van der Waals surface area contributed by atoms with Crippen molar-refractivity contribution in [1.29, 1.82) is 0 Å². The molecule has 7 rings (SSSR count). The summed E-state index contributed by atoms with van der Waals surface area (Å²) in [6.07, 6.45) is 5.95. The quantitative estimate of drug-likeness (QED) is 0.0605. The number of carbonyl (C=O) groups is 8. The maximum absolute atomic E-state index is 15.0. The molecule has 3 aliphatic rings. The summed E-state index contributed by atoms with van der Waals surface area (Å²) in [6.45, 7) is 18.8. The van der Waals surface area contributed by atoms with Crippen LogP contribution in [0.3, 0.4) is 0 Å². The molecule has 88 heavy (non-hydrogen) atoms. The maximum atomic E-state index is 15.0. The number of nitrogens with zero attached hydrogens (tertiary/aromatic N) is 2. The monoisotopic (exact) mass is 1300 g/mol. The van der Waals surface area contributed by atoms with E-state index in [2.05, 4.69) is 62.2 Å². The summed E-state index contributed by atoms with van der Waals surface area (Å²) >= 11 is 24.1. The van der Waals surface area contributed by atoms with Gasteiger partial charge in [-0.05, 0) is 159 Å². The zero-order chi connectivity index (χ0) is 66.1. The standard InChI is InChI=1S/C29H32Cl2FN3O4.C13H15Cl2NO4.C12H15FN2O3.C10H18O/c1-28(2,3)19-6-9-29(10-7-19)34-25(18-13-20(30)15-21(31)14-18)27(39)35(29)16-17-4-5-22(23(32)12-17)26(38)33-11-8-24(36)37;1-13(2,3)20-12(19)16-10(11(17)18)7-4-8(14)6-9(15)5-7;1-18-11(16)4-5-15-12(17)9-3-2-8(7-14)6-10(9)13;1-10(2,3)8-4-6-9(11)7-5-8/h4-5,12-15,19H,6-11,16H2,1-3H3,(H,33,38)(H,36,37);4-6,10H,1-3H3,(H,16,19)(H,17,18);2-3,6H,4-5,7,14H2,1H3,(H,15,17);8H,4-7H2,1-3H3. The lowest BCUT2D eigenvalue weighted by molar-refractivity contribution is -0.141. The molecule has 0 aromatic heterocycles. The Balaban J connectivity index is 0.000000282. The third-order valence-electron chi connectivity index (χ3n) is 14.9. The van der Waals surface area contributed by atoms with Gasteiger partial charge in [-0.3, -0.25) is 33.8 Å². The van der Waals surface area contributed by atoms with Gasteiger partial charge in [0.05, 0.1) is 31.1 Å². The molecule has 1 unspecified atom stereocenters. The topological polar surface area (TPSA) is 273 Å². The number of hydrogen-bond donors (Lipinski definition) is 6. The Labute approximate surface area is 532 Å². The number of nitrogens with two attached hydrogens (primary N) is 1. The number of aliphatic imine (C=N–C) groups is 1. The highest BCUT2D eigenvalue weighted by Crippen LogP contribution is 2.47. The molecule has 4 aromatic carbocycles. The molecule has 0 radical (unpaired) electrons. The molecule has 0 saturated heterocycles. The van der Waals surface area contributed by atoms with Crippen LogP contribution in [0.1, 0.15) is 176 Å². The number of ether oxygens (including phenoxy) is 2. The zero-order valence-electron chi connectivity index (χ0n) is 51.3. The van der Waals surface area contributed by atoms with Gasteiger partial charge in [0.25, 0.3) is 17.7 Å². The van der Waals surface area contributed by atoms with E-state index in [1.165, 1.54) is 49.6 Å². The van der Waals surface area contributed by atoms with Crippen LogP contribution >= 0.6 is 46.4 Å². The number of aliphatic carboxylic acids is 2. The SMILES string of the molecule is CC(C)(C)C1CCC(=O)CC1.CC(C)(C)C1CCC2(CC1)N=C(c1cc(Cl)cc(Cl)c1)C(=O)N2Cc1ccc(C(=O)NCCC(=O)O)c(F)c1.CC(C)(C)OC(=O)NC(C(=O)O)c1cc(Cl)cc(Cl)c1.COC(=O)CCNC(=O)c1ccc(CN)cc1F. The average molecular weight is 1310 g/mol. The summed E-state index contributed by atoms with van der Waals surface area (Å²) < 4.78 is 37.9. The van der Waals surface area contributed by atoms with Gasteiger partial charge in [0.2, 0.25) is 0 Å². The van der Waals surface area contributed by atoms with Crippen LogP contribution in [0.5, 0.6) is 0 Å². The van der Waals surface area contributed by atoms with E-state index in [0.29, 0.717) is 56.7 Å². The Bertz CT molecular complexity index is 3160. The second kappa shape index (κ2) is 32.7. The molecule has 1 heterocycles. The molecular weight excluding hydrogens is 1220 g/mol. The lowest BCUT2D eigenvalue weighted by Crippen LogP contribution is -2.49. The van der Waals surface area contributed by atoms with E-state index in [1.54, 1.807) is 56.0 Å². The number of carboxylic acid groups (broad SMARTS) is 2. The number of amides is 4. The molecule has 2 aliphatic carbocycles. The van der Waals surface area contributed by atoms with Crippen LogP contribution in [0.2, 0.25) is 20.1 Å². The maximum Gasteiger partial charge on any atom is 0.408 e. The average Bonchev–Trinajstić information content (AvgIpc) is 1.95. The number of methoxy groups -OCH3 is 1. The van der Waals surface area contributed by atoms with Gasteiger partial charge in [0, 0.05) is 64.7 Å². The number of carbonyl (C=O) groups excluding carboxylic acids is 6. The Kier molecular flexibility index (Phi) is 27.4. The van der Waals surface area contributed by atoms with E-state index in [4.69, 9.17) is 67.0 Å². The van der Waals surface area contributed by atoms with Gasteiger partial charge in [-0.2, -0.15) is 0 Å². The van der Waals surface area contributed by atoms with E-state index in [9.17, 15) is 52.2 Å². The first kappa shape index (κ1) is 73.8. The highest BCUT2D eigenvalue weighted by Gasteiger charge is 2.50.